The smallest absolute Gasteiger partial charge is 0.224 e. The van der Waals surface area contributed by atoms with Gasteiger partial charge in [-0.25, -0.2) is 4.39 Å². The molecular weight excluding hydrogens is 225 g/mol. The lowest BCUT2D eigenvalue weighted by atomic mass is 10.1. The standard InChI is InChI=1S/C12H16FNO3/c1-8(7-17-2)5-12(16)14-9-3-4-11(15)10(13)6-9/h3-4,6,8,15H,5,7H2,1-2H3,(H,14,16). The molecule has 17 heavy (non-hydrogen) atoms. The second-order valence-corrected chi connectivity index (χ2v) is 3.98. The molecule has 4 nitrogen and oxygen atoms in total. The molecule has 1 aromatic rings. The number of carbonyl (C=O) groups is 1. The first-order valence-corrected chi connectivity index (χ1v) is 5.30. The molecule has 0 aliphatic carbocycles. The summed E-state index contributed by atoms with van der Waals surface area (Å²) < 4.78 is 17.9. The van der Waals surface area contributed by atoms with E-state index >= 15 is 0 Å². The molecule has 0 saturated heterocycles. The van der Waals surface area contributed by atoms with E-state index < -0.39 is 11.6 Å². The van der Waals surface area contributed by atoms with Crippen LogP contribution in [0.4, 0.5) is 10.1 Å². The lowest BCUT2D eigenvalue weighted by Crippen LogP contribution is -2.17. The summed E-state index contributed by atoms with van der Waals surface area (Å²) in [5, 5.41) is 11.5. The normalized spacial score (nSPS) is 12.2. The zero-order chi connectivity index (χ0) is 12.8. The Kier molecular flexibility index (Phi) is 4.90. The second-order valence-electron chi connectivity index (χ2n) is 3.98. The van der Waals surface area contributed by atoms with Crippen LogP contribution >= 0.6 is 0 Å². The molecule has 1 amide bonds. The zero-order valence-corrected chi connectivity index (χ0v) is 9.87. The number of hydrogen-bond donors (Lipinski definition) is 2. The van der Waals surface area contributed by atoms with E-state index in [9.17, 15) is 9.18 Å². The first-order valence-electron chi connectivity index (χ1n) is 5.30. The number of amides is 1. The molecule has 1 atom stereocenters. The van der Waals surface area contributed by atoms with E-state index in [-0.39, 0.29) is 11.8 Å². The molecule has 5 heteroatoms. The van der Waals surface area contributed by atoms with E-state index in [2.05, 4.69) is 5.32 Å². The Hall–Kier alpha value is -1.62. The van der Waals surface area contributed by atoms with Crippen molar-refractivity contribution in [3.63, 3.8) is 0 Å². The van der Waals surface area contributed by atoms with Gasteiger partial charge in [0.25, 0.3) is 0 Å². The molecule has 1 unspecified atom stereocenters. The van der Waals surface area contributed by atoms with Crippen molar-refractivity contribution >= 4 is 11.6 Å². The predicted molar refractivity (Wildman–Crippen MR) is 62.4 cm³/mol. The molecule has 0 spiro atoms. The zero-order valence-electron chi connectivity index (χ0n) is 9.87. The second kappa shape index (κ2) is 6.20. The summed E-state index contributed by atoms with van der Waals surface area (Å²) in [6, 6.07) is 3.72. The van der Waals surface area contributed by atoms with Gasteiger partial charge in [-0.05, 0) is 18.1 Å². The lowest BCUT2D eigenvalue weighted by Gasteiger charge is -2.10. The number of hydrogen-bond acceptors (Lipinski definition) is 3. The quantitative estimate of drug-likeness (QED) is 0.776. The van der Waals surface area contributed by atoms with Gasteiger partial charge < -0.3 is 15.2 Å². The van der Waals surface area contributed by atoms with Gasteiger partial charge in [0.15, 0.2) is 11.6 Å². The highest BCUT2D eigenvalue weighted by atomic mass is 19.1. The van der Waals surface area contributed by atoms with Crippen LogP contribution in [0.2, 0.25) is 0 Å². The monoisotopic (exact) mass is 241 g/mol. The van der Waals surface area contributed by atoms with E-state index in [1.807, 2.05) is 6.92 Å². The molecule has 2 N–H and O–H groups in total. The van der Waals surface area contributed by atoms with Gasteiger partial charge in [-0.1, -0.05) is 6.92 Å². The van der Waals surface area contributed by atoms with Crippen LogP contribution in [0.25, 0.3) is 0 Å². The van der Waals surface area contributed by atoms with Gasteiger partial charge >= 0.3 is 0 Å². The number of anilines is 1. The number of phenols is 1. The molecule has 94 valence electrons. The first-order chi connectivity index (χ1) is 8.02. The molecule has 0 saturated carbocycles. The van der Waals surface area contributed by atoms with Gasteiger partial charge in [-0.2, -0.15) is 0 Å². The van der Waals surface area contributed by atoms with Crippen LogP contribution in [0.5, 0.6) is 5.75 Å². The van der Waals surface area contributed by atoms with Gasteiger partial charge in [-0.15, -0.1) is 0 Å². The SMILES string of the molecule is COCC(C)CC(=O)Nc1ccc(O)c(F)c1. The van der Waals surface area contributed by atoms with Crippen molar-refractivity contribution in [2.45, 2.75) is 13.3 Å². The lowest BCUT2D eigenvalue weighted by molar-refractivity contribution is -0.117. The van der Waals surface area contributed by atoms with E-state index in [0.29, 0.717) is 18.7 Å². The molecule has 0 bridgehead atoms. The van der Waals surface area contributed by atoms with Crippen LogP contribution < -0.4 is 5.32 Å². The Morgan fingerprint density at radius 3 is 2.88 bits per heavy atom. The Bertz CT molecular complexity index is 395. The average Bonchev–Trinajstić information content (AvgIpc) is 2.23. The minimum absolute atomic E-state index is 0.0990. The molecule has 1 rings (SSSR count). The summed E-state index contributed by atoms with van der Waals surface area (Å²) in [4.78, 5) is 11.5. The highest BCUT2D eigenvalue weighted by Crippen LogP contribution is 2.19. The molecule has 0 aromatic heterocycles. The maximum absolute atomic E-state index is 13.0. The number of nitrogens with one attached hydrogen (secondary N) is 1. The highest BCUT2D eigenvalue weighted by molar-refractivity contribution is 5.90. The van der Waals surface area contributed by atoms with Crippen molar-refractivity contribution in [3.8, 4) is 5.75 Å². The van der Waals surface area contributed by atoms with Crippen LogP contribution in [0.3, 0.4) is 0 Å². The van der Waals surface area contributed by atoms with E-state index in [0.717, 1.165) is 6.07 Å². The summed E-state index contributed by atoms with van der Waals surface area (Å²) in [7, 11) is 1.57. The predicted octanol–water partition coefficient (Wildman–Crippen LogP) is 2.14. The molecule has 0 radical (unpaired) electrons. The summed E-state index contributed by atoms with van der Waals surface area (Å²) >= 11 is 0. The van der Waals surface area contributed by atoms with Crippen LogP contribution in [0, 0.1) is 11.7 Å². The molecule has 0 aliphatic heterocycles. The van der Waals surface area contributed by atoms with Crippen LogP contribution in [-0.4, -0.2) is 24.7 Å². The molecule has 1 aromatic carbocycles. The third kappa shape index (κ3) is 4.40. The fourth-order valence-electron chi connectivity index (χ4n) is 1.46. The minimum Gasteiger partial charge on any atom is -0.505 e. The topological polar surface area (TPSA) is 58.6 Å². The molecule has 0 aliphatic rings. The van der Waals surface area contributed by atoms with Gasteiger partial charge in [-0.3, -0.25) is 4.79 Å². The van der Waals surface area contributed by atoms with Crippen molar-refractivity contribution < 1.29 is 19.0 Å². The van der Waals surface area contributed by atoms with Gasteiger partial charge in [0.2, 0.25) is 5.91 Å². The van der Waals surface area contributed by atoms with Crippen LogP contribution in [0.1, 0.15) is 13.3 Å². The number of rotatable bonds is 5. The van der Waals surface area contributed by atoms with E-state index in [1.54, 1.807) is 7.11 Å². The van der Waals surface area contributed by atoms with Crippen molar-refractivity contribution in [2.24, 2.45) is 5.92 Å². The third-order valence-corrected chi connectivity index (χ3v) is 2.22. The van der Waals surface area contributed by atoms with Crippen LogP contribution in [-0.2, 0) is 9.53 Å². The Morgan fingerprint density at radius 1 is 1.59 bits per heavy atom. The summed E-state index contributed by atoms with van der Waals surface area (Å²) in [5.74, 6) is -1.30. The van der Waals surface area contributed by atoms with Crippen molar-refractivity contribution in [3.05, 3.63) is 24.0 Å². The Balaban J connectivity index is 2.53. The fourth-order valence-corrected chi connectivity index (χ4v) is 1.46. The van der Waals surface area contributed by atoms with Gasteiger partial charge in [0, 0.05) is 31.9 Å². The minimum atomic E-state index is -0.757. The number of methoxy groups -OCH3 is 1. The Labute approximate surface area is 99.4 Å². The summed E-state index contributed by atoms with van der Waals surface area (Å²) in [6.45, 7) is 2.39. The average molecular weight is 241 g/mol. The molecule has 0 fully saturated rings. The van der Waals surface area contributed by atoms with Crippen molar-refractivity contribution in [1.29, 1.82) is 0 Å². The van der Waals surface area contributed by atoms with E-state index in [4.69, 9.17) is 9.84 Å². The largest absolute Gasteiger partial charge is 0.505 e. The number of benzene rings is 1. The van der Waals surface area contributed by atoms with E-state index in [1.165, 1.54) is 12.1 Å². The number of phenolic OH excluding ortho intramolecular Hbond substituents is 1. The first kappa shape index (κ1) is 13.4. The van der Waals surface area contributed by atoms with Gasteiger partial charge in [0.05, 0.1) is 0 Å². The maximum atomic E-state index is 13.0. The number of aromatic hydroxyl groups is 1. The highest BCUT2D eigenvalue weighted by Gasteiger charge is 2.10. The van der Waals surface area contributed by atoms with Crippen molar-refractivity contribution in [1.82, 2.24) is 0 Å². The Morgan fingerprint density at radius 2 is 2.29 bits per heavy atom. The molecular formula is C12H16FNO3. The van der Waals surface area contributed by atoms with Gasteiger partial charge in [0.1, 0.15) is 0 Å². The molecule has 0 heterocycles. The number of halogens is 1. The van der Waals surface area contributed by atoms with Crippen LogP contribution in [0.15, 0.2) is 18.2 Å². The third-order valence-electron chi connectivity index (χ3n) is 2.22. The number of ether oxygens (including phenoxy) is 1. The van der Waals surface area contributed by atoms with Crippen molar-refractivity contribution in [2.75, 3.05) is 19.0 Å². The summed E-state index contributed by atoms with van der Waals surface area (Å²) in [6.07, 6.45) is 0.302. The number of carbonyl (C=O) groups excluding carboxylic acids is 1. The summed E-state index contributed by atoms with van der Waals surface area (Å²) in [5.41, 5.74) is 0.329. The maximum Gasteiger partial charge on any atom is 0.224 e. The fraction of sp³-hybridized carbons (Fsp3) is 0.417.